The topological polar surface area (TPSA) is 151 Å². The van der Waals surface area contributed by atoms with Gasteiger partial charge in [-0.3, -0.25) is 29.5 Å². The molecule has 2 aromatic rings. The van der Waals surface area contributed by atoms with Crippen LogP contribution in [0.5, 0.6) is 11.5 Å². The maximum atomic E-state index is 13.7. The van der Waals surface area contributed by atoms with Crippen LogP contribution in [0, 0.1) is 0 Å². The van der Waals surface area contributed by atoms with Gasteiger partial charge in [0.2, 0.25) is 18.5 Å². The molecule has 4 heterocycles. The molecule has 6 rings (SSSR count). The lowest BCUT2D eigenvalue weighted by Crippen LogP contribution is -2.53. The van der Waals surface area contributed by atoms with Crippen LogP contribution >= 0.6 is 0 Å². The smallest absolute Gasteiger partial charge is 0.289 e. The van der Waals surface area contributed by atoms with E-state index in [1.807, 2.05) is 25.1 Å². The van der Waals surface area contributed by atoms with Crippen molar-refractivity contribution in [2.24, 2.45) is 0 Å². The van der Waals surface area contributed by atoms with Gasteiger partial charge in [-0.05, 0) is 55.7 Å². The van der Waals surface area contributed by atoms with E-state index in [1.54, 1.807) is 24.4 Å². The summed E-state index contributed by atoms with van der Waals surface area (Å²) in [7, 11) is 0. The van der Waals surface area contributed by atoms with Crippen LogP contribution < -0.4 is 25.6 Å². The van der Waals surface area contributed by atoms with Crippen LogP contribution in [-0.2, 0) is 19.2 Å². The van der Waals surface area contributed by atoms with Crippen LogP contribution in [-0.4, -0.2) is 70.5 Å². The molecule has 4 aliphatic rings. The number of fused-ring (bicyclic) bond motifs is 1. The van der Waals surface area contributed by atoms with E-state index in [2.05, 4.69) is 21.1 Å². The van der Waals surface area contributed by atoms with Crippen LogP contribution in [0.3, 0.4) is 0 Å². The highest BCUT2D eigenvalue weighted by atomic mass is 16.7. The number of nitrogens with zero attached hydrogens (tertiary/aromatic N) is 1. The van der Waals surface area contributed by atoms with E-state index in [0.29, 0.717) is 35.7 Å². The lowest BCUT2D eigenvalue weighted by atomic mass is 9.97. The van der Waals surface area contributed by atoms with E-state index in [9.17, 15) is 19.2 Å². The number of nitrogens with one attached hydrogen (secondary N) is 4. The van der Waals surface area contributed by atoms with Crippen LogP contribution in [0.2, 0.25) is 0 Å². The largest absolute Gasteiger partial charge is 0.454 e. The van der Waals surface area contributed by atoms with Gasteiger partial charge in [0.05, 0.1) is 18.3 Å². The first-order chi connectivity index (χ1) is 19.4. The van der Waals surface area contributed by atoms with Gasteiger partial charge in [-0.25, -0.2) is 0 Å². The number of H-pyrrole nitrogens is 1. The Morgan fingerprint density at radius 3 is 2.73 bits per heavy atom. The highest BCUT2D eigenvalue weighted by molar-refractivity contribution is 6.38. The minimum absolute atomic E-state index is 0.0239. The molecule has 0 unspecified atom stereocenters. The van der Waals surface area contributed by atoms with Gasteiger partial charge in [-0.2, -0.15) is 0 Å². The number of ether oxygens (including phenoxy) is 2. The zero-order chi connectivity index (χ0) is 27.9. The van der Waals surface area contributed by atoms with Gasteiger partial charge in [0.1, 0.15) is 17.3 Å². The fourth-order valence-electron chi connectivity index (χ4n) is 5.30. The maximum absolute atomic E-state index is 13.7. The molecule has 1 aliphatic carbocycles. The molecule has 2 fully saturated rings. The number of ketones is 1. The Bertz CT molecular complexity index is 1370. The van der Waals surface area contributed by atoms with E-state index >= 15 is 0 Å². The molecule has 12 heteroatoms. The number of benzene rings is 1. The Labute approximate surface area is 230 Å². The summed E-state index contributed by atoms with van der Waals surface area (Å²) in [6, 6.07) is 6.93. The van der Waals surface area contributed by atoms with Gasteiger partial charge in [-0.15, -0.1) is 0 Å². The standard InChI is InChI=1S/C28H31N5O7/c1-2-4-18(24(34)26(36)30-17-7-8-17)31-25(35)21-13-28(14-33(21)27(37)19-5-3-10-29-19)12-20(32-40-28)16-6-9-22-23(11-16)39-15-38-22/h3,5-6,9-12,17-18,21,29,32H,2,4,7-8,13-15H2,1H3,(H,30,36)(H,31,35)/t18-,21-,28+/m0/s1. The van der Waals surface area contributed by atoms with Crippen molar-refractivity contribution in [3.05, 3.63) is 53.9 Å². The molecule has 1 saturated carbocycles. The summed E-state index contributed by atoms with van der Waals surface area (Å²) in [5, 5.41) is 5.46. The number of aromatic amines is 1. The van der Waals surface area contributed by atoms with Gasteiger partial charge in [0.15, 0.2) is 11.5 Å². The molecule has 210 valence electrons. The van der Waals surface area contributed by atoms with Crippen molar-refractivity contribution in [2.75, 3.05) is 13.3 Å². The van der Waals surface area contributed by atoms with E-state index in [4.69, 9.17) is 14.3 Å². The fourth-order valence-corrected chi connectivity index (χ4v) is 5.30. The average molecular weight is 550 g/mol. The molecule has 4 N–H and O–H groups in total. The van der Waals surface area contributed by atoms with Crippen molar-refractivity contribution in [1.29, 1.82) is 0 Å². The van der Waals surface area contributed by atoms with Crippen LogP contribution in [0.15, 0.2) is 42.6 Å². The Kier molecular flexibility index (Phi) is 6.70. The number of carbonyl (C=O) groups excluding carboxylic acids is 4. The maximum Gasteiger partial charge on any atom is 0.289 e. The zero-order valence-corrected chi connectivity index (χ0v) is 22.0. The summed E-state index contributed by atoms with van der Waals surface area (Å²) in [4.78, 5) is 62.9. The second kappa shape index (κ2) is 10.3. The van der Waals surface area contributed by atoms with Crippen LogP contribution in [0.25, 0.3) is 5.70 Å². The molecule has 1 saturated heterocycles. The van der Waals surface area contributed by atoms with Gasteiger partial charge < -0.3 is 30.0 Å². The molecule has 1 spiro atoms. The van der Waals surface area contributed by atoms with Gasteiger partial charge >= 0.3 is 0 Å². The number of aromatic nitrogens is 1. The highest BCUT2D eigenvalue weighted by Crippen LogP contribution is 2.40. The molecule has 1 aromatic heterocycles. The number of hydroxylamine groups is 1. The molecule has 40 heavy (non-hydrogen) atoms. The van der Waals surface area contributed by atoms with Crippen LogP contribution in [0.4, 0.5) is 0 Å². The summed E-state index contributed by atoms with van der Waals surface area (Å²) in [5.41, 5.74) is 3.74. The number of amides is 3. The lowest BCUT2D eigenvalue weighted by molar-refractivity contribution is -0.140. The highest BCUT2D eigenvalue weighted by Gasteiger charge is 2.52. The summed E-state index contributed by atoms with van der Waals surface area (Å²) >= 11 is 0. The fraction of sp³-hybridized carbons (Fsp3) is 0.429. The molecule has 0 radical (unpaired) electrons. The van der Waals surface area contributed by atoms with Gasteiger partial charge in [-0.1, -0.05) is 13.3 Å². The zero-order valence-electron chi connectivity index (χ0n) is 22.0. The van der Waals surface area contributed by atoms with Crippen molar-refractivity contribution in [2.45, 2.75) is 62.8 Å². The summed E-state index contributed by atoms with van der Waals surface area (Å²) in [6.07, 6.45) is 6.23. The second-order valence-corrected chi connectivity index (χ2v) is 10.6. The first-order valence-electron chi connectivity index (χ1n) is 13.5. The first kappa shape index (κ1) is 25.9. The number of Topliss-reactive ketones (excluding diaryl/α,β-unsaturated/α-hetero) is 1. The monoisotopic (exact) mass is 549 g/mol. The predicted molar refractivity (Wildman–Crippen MR) is 141 cm³/mol. The van der Waals surface area contributed by atoms with Gasteiger partial charge in [0, 0.05) is 24.2 Å². The molecule has 3 aliphatic heterocycles. The Morgan fingerprint density at radius 1 is 1.15 bits per heavy atom. The molecule has 12 nitrogen and oxygen atoms in total. The van der Waals surface area contributed by atoms with Crippen molar-refractivity contribution in [3.8, 4) is 11.5 Å². The van der Waals surface area contributed by atoms with Crippen molar-refractivity contribution >= 4 is 29.2 Å². The third kappa shape index (κ3) is 5.02. The van der Waals surface area contributed by atoms with E-state index in [0.717, 1.165) is 18.4 Å². The third-order valence-electron chi connectivity index (χ3n) is 7.55. The minimum Gasteiger partial charge on any atom is -0.454 e. The number of carbonyl (C=O) groups is 4. The van der Waals surface area contributed by atoms with E-state index < -0.39 is 35.3 Å². The summed E-state index contributed by atoms with van der Waals surface area (Å²) in [5.74, 6) is -0.994. The Morgan fingerprint density at radius 2 is 1.98 bits per heavy atom. The predicted octanol–water partition coefficient (Wildman–Crippen LogP) is 1.41. The van der Waals surface area contributed by atoms with Gasteiger partial charge in [0.25, 0.3) is 11.8 Å². The Hall–Kier alpha value is -4.32. The quantitative estimate of drug-likeness (QED) is 0.343. The van der Waals surface area contributed by atoms with Crippen molar-refractivity contribution < 1.29 is 33.5 Å². The number of hydrogen-bond acceptors (Lipinski definition) is 8. The molecule has 3 amide bonds. The van der Waals surface area contributed by atoms with Crippen molar-refractivity contribution in [1.82, 2.24) is 26.0 Å². The average Bonchev–Trinajstić information content (AvgIpc) is 3.42. The molecule has 3 atom stereocenters. The molecular formula is C28H31N5O7. The number of likely N-dealkylation sites (tertiary alicyclic amines) is 1. The Balaban J connectivity index is 1.24. The lowest BCUT2D eigenvalue weighted by Gasteiger charge is -2.25. The van der Waals surface area contributed by atoms with E-state index in [-0.39, 0.29) is 31.7 Å². The normalized spacial score (nSPS) is 23.5. The molecule has 0 bridgehead atoms. The molecular weight excluding hydrogens is 518 g/mol. The second-order valence-electron chi connectivity index (χ2n) is 10.6. The first-order valence-corrected chi connectivity index (χ1v) is 13.5. The third-order valence-corrected chi connectivity index (χ3v) is 7.55. The van der Waals surface area contributed by atoms with Crippen molar-refractivity contribution in [3.63, 3.8) is 0 Å². The van der Waals surface area contributed by atoms with Crippen LogP contribution in [0.1, 0.15) is 55.1 Å². The summed E-state index contributed by atoms with van der Waals surface area (Å²) < 4.78 is 10.9. The number of hydrogen-bond donors (Lipinski definition) is 4. The molecule has 1 aromatic carbocycles. The SMILES string of the molecule is CCC[C@H](NC(=O)[C@@H]1C[C@]2(C=C(c3ccc4c(c3)OCO4)NO2)CN1C(=O)c1ccc[nH]1)C(=O)C(=O)NC1CC1. The number of rotatable bonds is 9. The van der Waals surface area contributed by atoms with E-state index in [1.165, 1.54) is 4.90 Å². The minimum atomic E-state index is -0.996. The summed E-state index contributed by atoms with van der Waals surface area (Å²) in [6.45, 7) is 2.12.